The molecule has 2 amide bonds. The monoisotopic (exact) mass is 543 g/mol. The molecule has 1 aliphatic heterocycles. The van der Waals surface area contributed by atoms with Crippen LogP contribution in [0.2, 0.25) is 5.02 Å². The number of carbonyl (C=O) groups is 1. The van der Waals surface area contributed by atoms with Gasteiger partial charge in [-0.05, 0) is 42.8 Å². The van der Waals surface area contributed by atoms with Crippen LogP contribution in [0.4, 0.5) is 41.2 Å². The van der Waals surface area contributed by atoms with Crippen LogP contribution in [0.3, 0.4) is 0 Å². The highest BCUT2D eigenvalue weighted by Crippen LogP contribution is 2.39. The molecule has 0 aromatic heterocycles. The molecule has 0 fully saturated rings. The second-order valence-corrected chi connectivity index (χ2v) is 8.93. The minimum absolute atomic E-state index is 0.0695. The first kappa shape index (κ1) is 26.5. The molecule has 0 spiro atoms. The van der Waals surface area contributed by atoms with E-state index in [0.29, 0.717) is 17.7 Å². The fraction of sp³-hybridized carbons (Fsp3) is 0.200. The summed E-state index contributed by atoms with van der Waals surface area (Å²) in [6.45, 7) is 1.66. The smallest absolute Gasteiger partial charge is 0.306 e. The van der Waals surface area contributed by atoms with E-state index in [1.807, 2.05) is 0 Å². The highest BCUT2D eigenvalue weighted by atomic mass is 35.5. The molecule has 1 heterocycles. The molecule has 1 N–H and O–H groups in total. The number of carbonyl (C=O) groups excluding carboxylic acids is 1. The lowest BCUT2D eigenvalue weighted by Gasteiger charge is -2.27. The lowest BCUT2D eigenvalue weighted by Crippen LogP contribution is -2.38. The Labute approximate surface area is 211 Å². The van der Waals surface area contributed by atoms with Crippen molar-refractivity contribution in [2.75, 3.05) is 11.9 Å². The van der Waals surface area contributed by atoms with Gasteiger partial charge < -0.3 is 5.32 Å². The predicted octanol–water partition coefficient (Wildman–Crippen LogP) is 7.73. The highest BCUT2D eigenvalue weighted by molar-refractivity contribution is 6.32. The van der Waals surface area contributed by atoms with Crippen LogP contribution in [-0.4, -0.2) is 23.3 Å². The molecule has 4 rings (SSSR count). The summed E-state index contributed by atoms with van der Waals surface area (Å²) in [6.07, 6.45) is -9.57. The quantitative estimate of drug-likeness (QED) is 0.338. The number of amides is 2. The Hall–Kier alpha value is -3.60. The van der Waals surface area contributed by atoms with E-state index in [4.69, 9.17) is 11.6 Å². The first-order chi connectivity index (χ1) is 17.2. The second-order valence-electron chi connectivity index (χ2n) is 8.52. The lowest BCUT2D eigenvalue weighted by atomic mass is 9.76. The third kappa shape index (κ3) is 5.27. The minimum atomic E-state index is -4.90. The molecule has 0 aliphatic carbocycles. The average Bonchev–Trinajstić information content (AvgIpc) is 3.17. The molecule has 0 saturated heterocycles. The molecule has 0 saturated carbocycles. The number of alkyl halides is 6. The Kier molecular flexibility index (Phi) is 6.70. The molecule has 1 atom stereocenters. The Balaban J connectivity index is 1.69. The Morgan fingerprint density at radius 1 is 0.946 bits per heavy atom. The number of hydrogen-bond donors (Lipinski definition) is 1. The van der Waals surface area contributed by atoms with Gasteiger partial charge in [0.1, 0.15) is 5.82 Å². The molecule has 3 aromatic rings. The van der Waals surface area contributed by atoms with Gasteiger partial charge >= 0.3 is 18.4 Å². The summed E-state index contributed by atoms with van der Waals surface area (Å²) < 4.78 is 92.1. The van der Waals surface area contributed by atoms with Crippen molar-refractivity contribution in [2.24, 2.45) is 5.10 Å². The van der Waals surface area contributed by atoms with Crippen molar-refractivity contribution in [1.82, 2.24) is 5.01 Å². The average molecular weight is 544 g/mol. The van der Waals surface area contributed by atoms with Gasteiger partial charge in [0.25, 0.3) is 0 Å². The van der Waals surface area contributed by atoms with Gasteiger partial charge in [-0.25, -0.2) is 14.2 Å². The van der Waals surface area contributed by atoms with Gasteiger partial charge in [0.05, 0.1) is 33.8 Å². The molecular weight excluding hydrogens is 527 g/mol. The Morgan fingerprint density at radius 2 is 1.57 bits per heavy atom. The lowest BCUT2D eigenvalue weighted by molar-refractivity contribution is -0.140. The number of nitrogens with zero attached hydrogens (tertiary/aromatic N) is 2. The van der Waals surface area contributed by atoms with Crippen molar-refractivity contribution in [3.8, 4) is 0 Å². The molecule has 3 aromatic carbocycles. The molecule has 0 bridgehead atoms. The fourth-order valence-corrected chi connectivity index (χ4v) is 4.36. The van der Waals surface area contributed by atoms with E-state index in [1.54, 1.807) is 37.3 Å². The van der Waals surface area contributed by atoms with Gasteiger partial charge in [0.15, 0.2) is 0 Å². The molecule has 194 valence electrons. The van der Waals surface area contributed by atoms with Gasteiger partial charge in [0, 0.05) is 11.3 Å². The maximum absolute atomic E-state index is 14.0. The molecule has 37 heavy (non-hydrogen) atoms. The fourth-order valence-electron chi connectivity index (χ4n) is 4.07. The van der Waals surface area contributed by atoms with Crippen LogP contribution in [0.5, 0.6) is 0 Å². The first-order valence-electron chi connectivity index (χ1n) is 10.7. The number of benzene rings is 3. The van der Waals surface area contributed by atoms with E-state index in [9.17, 15) is 35.5 Å². The summed E-state index contributed by atoms with van der Waals surface area (Å²) in [5.74, 6) is -1.57. The zero-order valence-electron chi connectivity index (χ0n) is 18.9. The van der Waals surface area contributed by atoms with Crippen LogP contribution in [0.25, 0.3) is 0 Å². The zero-order chi connectivity index (χ0) is 27.2. The zero-order valence-corrected chi connectivity index (χ0v) is 19.6. The summed E-state index contributed by atoms with van der Waals surface area (Å²) in [7, 11) is 0. The molecular formula is C25H17ClF7N3O. The van der Waals surface area contributed by atoms with Crippen LogP contribution in [-0.2, 0) is 17.8 Å². The van der Waals surface area contributed by atoms with E-state index >= 15 is 0 Å². The third-order valence-corrected chi connectivity index (χ3v) is 6.24. The Morgan fingerprint density at radius 3 is 2.14 bits per heavy atom. The number of halogens is 8. The molecule has 1 unspecified atom stereocenters. The number of nitrogens with one attached hydrogen (secondary N) is 1. The second kappa shape index (κ2) is 9.37. The number of anilines is 1. The van der Waals surface area contributed by atoms with Crippen molar-refractivity contribution in [1.29, 1.82) is 0 Å². The van der Waals surface area contributed by atoms with Crippen molar-refractivity contribution >= 4 is 29.0 Å². The number of hydrogen-bond acceptors (Lipinski definition) is 2. The van der Waals surface area contributed by atoms with Gasteiger partial charge in [0.2, 0.25) is 0 Å². The first-order valence-corrected chi connectivity index (χ1v) is 11.0. The normalized spacial score (nSPS) is 18.1. The van der Waals surface area contributed by atoms with Crippen LogP contribution in [0, 0.1) is 5.82 Å². The van der Waals surface area contributed by atoms with Gasteiger partial charge in [-0.2, -0.15) is 31.4 Å². The van der Waals surface area contributed by atoms with Crippen molar-refractivity contribution in [3.63, 3.8) is 0 Å². The van der Waals surface area contributed by atoms with Crippen LogP contribution in [0.15, 0.2) is 71.8 Å². The number of rotatable bonds is 3. The highest BCUT2D eigenvalue weighted by Gasteiger charge is 2.43. The Bertz CT molecular complexity index is 1370. The van der Waals surface area contributed by atoms with Gasteiger partial charge in [-0.1, -0.05) is 48.0 Å². The van der Waals surface area contributed by atoms with Gasteiger partial charge in [-0.15, -0.1) is 0 Å². The van der Waals surface area contributed by atoms with Crippen molar-refractivity contribution < 1.29 is 35.5 Å². The van der Waals surface area contributed by atoms with Crippen molar-refractivity contribution in [3.05, 3.63) is 99.8 Å². The summed E-state index contributed by atoms with van der Waals surface area (Å²) in [5, 5.41) is 7.05. The van der Waals surface area contributed by atoms with Gasteiger partial charge in [-0.3, -0.25) is 0 Å². The SMILES string of the molecule is CC1(c2ccccc2)CN(C(=O)Nc2ccc(C(F)(F)F)c(F)c2)N=C1c1ccc(C(F)(F)F)c(Cl)c1. The summed E-state index contributed by atoms with van der Waals surface area (Å²) >= 11 is 5.91. The van der Waals surface area contributed by atoms with Crippen LogP contribution < -0.4 is 5.32 Å². The molecule has 0 radical (unpaired) electrons. The van der Waals surface area contributed by atoms with E-state index in [2.05, 4.69) is 10.4 Å². The summed E-state index contributed by atoms with van der Waals surface area (Å²) in [6, 6.07) is 12.9. The summed E-state index contributed by atoms with van der Waals surface area (Å²) in [4.78, 5) is 12.9. The van der Waals surface area contributed by atoms with E-state index < -0.39 is 45.8 Å². The van der Waals surface area contributed by atoms with E-state index in [-0.39, 0.29) is 23.5 Å². The van der Waals surface area contributed by atoms with E-state index in [1.165, 1.54) is 6.07 Å². The number of hydrazone groups is 1. The minimum Gasteiger partial charge on any atom is -0.306 e. The maximum Gasteiger partial charge on any atom is 0.419 e. The largest absolute Gasteiger partial charge is 0.419 e. The summed E-state index contributed by atoms with van der Waals surface area (Å²) in [5.41, 5.74) is -2.57. The third-order valence-electron chi connectivity index (χ3n) is 5.93. The van der Waals surface area contributed by atoms with Crippen LogP contribution >= 0.6 is 11.6 Å². The predicted molar refractivity (Wildman–Crippen MR) is 124 cm³/mol. The standard InChI is InChI=1S/C25H17ClF7N3O/c1-23(15-5-3-2-4-6-15)13-36(22(37)34-16-8-10-18(20(27)12-16)25(31,32)33)35-21(23)14-7-9-17(19(26)11-14)24(28,29)30/h2-12H,13H2,1H3,(H,34,37). The van der Waals surface area contributed by atoms with Crippen LogP contribution in [0.1, 0.15) is 29.2 Å². The number of urea groups is 1. The van der Waals surface area contributed by atoms with E-state index in [0.717, 1.165) is 23.2 Å². The maximum atomic E-state index is 14.0. The topological polar surface area (TPSA) is 44.7 Å². The molecule has 4 nitrogen and oxygen atoms in total. The molecule has 1 aliphatic rings. The van der Waals surface area contributed by atoms with Crippen molar-refractivity contribution in [2.45, 2.75) is 24.7 Å². The molecule has 12 heteroatoms.